The van der Waals surface area contributed by atoms with E-state index in [4.69, 9.17) is 11.6 Å². The SMILES string of the molecule is CC(=O)C(Cl)c1cccc(I)c1F. The fraction of sp³-hybridized carbons (Fsp3) is 0.222. The molecule has 0 aliphatic heterocycles. The van der Waals surface area contributed by atoms with Crippen LogP contribution in [-0.2, 0) is 4.79 Å². The summed E-state index contributed by atoms with van der Waals surface area (Å²) in [4.78, 5) is 10.9. The molecule has 13 heavy (non-hydrogen) atoms. The molecule has 0 saturated heterocycles. The third-order valence-corrected chi connectivity index (χ3v) is 2.99. The van der Waals surface area contributed by atoms with Gasteiger partial charge in [0.2, 0.25) is 0 Å². The van der Waals surface area contributed by atoms with Crippen LogP contribution in [0.1, 0.15) is 17.9 Å². The molecular formula is C9H7ClFIO. The van der Waals surface area contributed by atoms with Crippen molar-refractivity contribution < 1.29 is 9.18 Å². The van der Waals surface area contributed by atoms with E-state index in [1.165, 1.54) is 13.0 Å². The van der Waals surface area contributed by atoms with Crippen molar-refractivity contribution in [2.45, 2.75) is 12.3 Å². The summed E-state index contributed by atoms with van der Waals surface area (Å²) in [6.07, 6.45) is 0. The predicted octanol–water partition coefficient (Wildman–Crippen LogP) is 3.30. The number of alkyl halides is 1. The molecule has 0 N–H and O–H groups in total. The molecule has 1 atom stereocenters. The monoisotopic (exact) mass is 312 g/mol. The van der Waals surface area contributed by atoms with E-state index in [2.05, 4.69) is 0 Å². The van der Waals surface area contributed by atoms with Gasteiger partial charge in [-0.25, -0.2) is 4.39 Å². The lowest BCUT2D eigenvalue weighted by molar-refractivity contribution is -0.116. The summed E-state index contributed by atoms with van der Waals surface area (Å²) in [5.41, 5.74) is 0.251. The quantitative estimate of drug-likeness (QED) is 0.605. The standard InChI is InChI=1S/C9H7ClFIO/c1-5(13)8(10)6-3-2-4-7(12)9(6)11/h2-4,8H,1H3. The van der Waals surface area contributed by atoms with Gasteiger partial charge in [0.25, 0.3) is 0 Å². The van der Waals surface area contributed by atoms with Gasteiger partial charge in [0, 0.05) is 9.13 Å². The molecule has 1 rings (SSSR count). The van der Waals surface area contributed by atoms with Crippen LogP contribution in [0.25, 0.3) is 0 Å². The van der Waals surface area contributed by atoms with Crippen LogP contribution >= 0.6 is 34.2 Å². The number of hydrogen-bond donors (Lipinski definition) is 0. The third kappa shape index (κ3) is 2.40. The number of hydrogen-bond acceptors (Lipinski definition) is 1. The fourth-order valence-electron chi connectivity index (χ4n) is 0.935. The molecule has 0 bridgehead atoms. The molecule has 0 amide bonds. The second-order valence-electron chi connectivity index (χ2n) is 2.62. The highest BCUT2D eigenvalue weighted by molar-refractivity contribution is 14.1. The summed E-state index contributed by atoms with van der Waals surface area (Å²) >= 11 is 7.59. The summed E-state index contributed by atoms with van der Waals surface area (Å²) in [5, 5.41) is -0.880. The van der Waals surface area contributed by atoms with Crippen LogP contribution in [0.4, 0.5) is 4.39 Å². The molecule has 1 nitrogen and oxygen atoms in total. The number of halogens is 3. The minimum Gasteiger partial charge on any atom is -0.298 e. The Morgan fingerprint density at radius 3 is 2.77 bits per heavy atom. The number of carbonyl (C=O) groups is 1. The molecular weight excluding hydrogens is 305 g/mol. The molecule has 1 unspecified atom stereocenters. The highest BCUT2D eigenvalue weighted by atomic mass is 127. The Morgan fingerprint density at radius 1 is 1.62 bits per heavy atom. The summed E-state index contributed by atoms with van der Waals surface area (Å²) in [7, 11) is 0. The molecule has 1 aromatic rings. The lowest BCUT2D eigenvalue weighted by atomic mass is 10.1. The molecule has 4 heteroatoms. The van der Waals surface area contributed by atoms with Crippen LogP contribution in [0.3, 0.4) is 0 Å². The van der Waals surface area contributed by atoms with E-state index < -0.39 is 11.2 Å². The Bertz CT molecular complexity index is 340. The maximum atomic E-state index is 13.4. The lowest BCUT2D eigenvalue weighted by Crippen LogP contribution is -2.04. The van der Waals surface area contributed by atoms with Gasteiger partial charge in [-0.05, 0) is 35.6 Å². The van der Waals surface area contributed by atoms with Gasteiger partial charge in [-0.1, -0.05) is 12.1 Å². The van der Waals surface area contributed by atoms with E-state index in [-0.39, 0.29) is 11.3 Å². The predicted molar refractivity (Wildman–Crippen MR) is 58.4 cm³/mol. The van der Waals surface area contributed by atoms with Crippen LogP contribution in [0, 0.1) is 9.39 Å². The first-order valence-corrected chi connectivity index (χ1v) is 5.14. The molecule has 0 spiro atoms. The molecule has 0 aliphatic rings. The summed E-state index contributed by atoms with van der Waals surface area (Å²) in [5.74, 6) is -0.652. The second kappa shape index (κ2) is 4.37. The van der Waals surface area contributed by atoms with Crippen LogP contribution in [0.2, 0.25) is 0 Å². The molecule has 1 aromatic carbocycles. The van der Waals surface area contributed by atoms with E-state index in [1.807, 2.05) is 22.6 Å². The van der Waals surface area contributed by atoms with Gasteiger partial charge in [-0.3, -0.25) is 4.79 Å². The van der Waals surface area contributed by atoms with Gasteiger partial charge in [-0.2, -0.15) is 0 Å². The first-order chi connectivity index (χ1) is 6.04. The number of benzene rings is 1. The van der Waals surface area contributed by atoms with E-state index in [0.29, 0.717) is 3.57 Å². The summed E-state index contributed by atoms with van der Waals surface area (Å²) in [6.45, 7) is 1.34. The van der Waals surface area contributed by atoms with E-state index in [0.717, 1.165) is 0 Å². The van der Waals surface area contributed by atoms with Crippen LogP contribution in [0.5, 0.6) is 0 Å². The normalized spacial score (nSPS) is 12.6. The number of Topliss-reactive ketones (excluding diaryl/α,β-unsaturated/α-hetero) is 1. The van der Waals surface area contributed by atoms with Crippen molar-refractivity contribution in [3.05, 3.63) is 33.1 Å². The van der Waals surface area contributed by atoms with Crippen molar-refractivity contribution in [3.8, 4) is 0 Å². The number of carbonyl (C=O) groups excluding carboxylic acids is 1. The average Bonchev–Trinajstić information content (AvgIpc) is 2.08. The molecule has 0 saturated carbocycles. The minimum atomic E-state index is -0.880. The molecule has 0 aliphatic carbocycles. The van der Waals surface area contributed by atoms with Crippen molar-refractivity contribution in [2.24, 2.45) is 0 Å². The molecule has 70 valence electrons. The van der Waals surface area contributed by atoms with Crippen molar-refractivity contribution >= 4 is 40.0 Å². The summed E-state index contributed by atoms with van der Waals surface area (Å²) in [6, 6.07) is 4.83. The van der Waals surface area contributed by atoms with Crippen molar-refractivity contribution in [1.29, 1.82) is 0 Å². The Morgan fingerprint density at radius 2 is 2.23 bits per heavy atom. The zero-order valence-corrected chi connectivity index (χ0v) is 9.76. The van der Waals surface area contributed by atoms with Gasteiger partial charge in [-0.15, -0.1) is 11.6 Å². The number of ketones is 1. The fourth-order valence-corrected chi connectivity index (χ4v) is 1.62. The largest absolute Gasteiger partial charge is 0.298 e. The van der Waals surface area contributed by atoms with Crippen molar-refractivity contribution in [2.75, 3.05) is 0 Å². The average molecular weight is 313 g/mol. The molecule has 0 fully saturated rings. The Kier molecular flexibility index (Phi) is 3.67. The highest BCUT2D eigenvalue weighted by Gasteiger charge is 2.18. The second-order valence-corrected chi connectivity index (χ2v) is 4.21. The van der Waals surface area contributed by atoms with Crippen molar-refractivity contribution in [1.82, 2.24) is 0 Å². The Labute approximate surface area is 94.4 Å². The molecule has 0 radical (unpaired) electrons. The zero-order chi connectivity index (χ0) is 10.0. The Balaban J connectivity index is 3.15. The van der Waals surface area contributed by atoms with Gasteiger partial charge < -0.3 is 0 Å². The van der Waals surface area contributed by atoms with Crippen molar-refractivity contribution in [3.63, 3.8) is 0 Å². The third-order valence-electron chi connectivity index (χ3n) is 1.61. The maximum Gasteiger partial charge on any atom is 0.152 e. The first-order valence-electron chi connectivity index (χ1n) is 3.62. The van der Waals surface area contributed by atoms with E-state index in [9.17, 15) is 9.18 Å². The highest BCUT2D eigenvalue weighted by Crippen LogP contribution is 2.26. The van der Waals surface area contributed by atoms with Gasteiger partial charge in [0.1, 0.15) is 11.2 Å². The van der Waals surface area contributed by atoms with Crippen LogP contribution in [0.15, 0.2) is 18.2 Å². The summed E-state index contributed by atoms with van der Waals surface area (Å²) < 4.78 is 13.8. The zero-order valence-electron chi connectivity index (χ0n) is 6.85. The van der Waals surface area contributed by atoms with Gasteiger partial charge >= 0.3 is 0 Å². The number of rotatable bonds is 2. The van der Waals surface area contributed by atoms with Gasteiger partial charge in [0.05, 0.1) is 0 Å². The minimum absolute atomic E-state index is 0.248. The molecule has 0 aromatic heterocycles. The smallest absolute Gasteiger partial charge is 0.152 e. The van der Waals surface area contributed by atoms with Crippen LogP contribution in [-0.4, -0.2) is 5.78 Å². The van der Waals surface area contributed by atoms with E-state index >= 15 is 0 Å². The molecule has 0 heterocycles. The topological polar surface area (TPSA) is 17.1 Å². The first kappa shape index (κ1) is 10.9. The van der Waals surface area contributed by atoms with E-state index in [1.54, 1.807) is 12.1 Å². The van der Waals surface area contributed by atoms with Gasteiger partial charge in [0.15, 0.2) is 5.78 Å². The van der Waals surface area contributed by atoms with Crippen LogP contribution < -0.4 is 0 Å². The lowest BCUT2D eigenvalue weighted by Gasteiger charge is -2.07. The Hall–Kier alpha value is -0.160. The maximum absolute atomic E-state index is 13.4.